The lowest BCUT2D eigenvalue weighted by Crippen LogP contribution is -2.13. The van der Waals surface area contributed by atoms with E-state index >= 15 is 0 Å². The van der Waals surface area contributed by atoms with Gasteiger partial charge in [0.2, 0.25) is 5.88 Å². The van der Waals surface area contributed by atoms with Gasteiger partial charge in [0.15, 0.2) is 0 Å². The van der Waals surface area contributed by atoms with Gasteiger partial charge in [-0.25, -0.2) is 0 Å². The molecule has 0 fully saturated rings. The van der Waals surface area contributed by atoms with Gasteiger partial charge in [0.25, 0.3) is 0 Å². The first-order chi connectivity index (χ1) is 7.86. The first-order valence-electron chi connectivity index (χ1n) is 5.30. The van der Waals surface area contributed by atoms with Crippen molar-refractivity contribution >= 4 is 5.82 Å². The average Bonchev–Trinajstić information content (AvgIpc) is 2.27. The van der Waals surface area contributed by atoms with Gasteiger partial charge in [-0.05, 0) is 19.4 Å². The summed E-state index contributed by atoms with van der Waals surface area (Å²) in [5.74, 6) is 0.122. The second-order valence-corrected chi connectivity index (χ2v) is 3.66. The zero-order chi connectivity index (χ0) is 13.1. The van der Waals surface area contributed by atoms with Crippen molar-refractivity contribution < 1.29 is 17.9 Å². The molecular weight excluding hydrogens is 233 g/mol. The highest BCUT2D eigenvalue weighted by atomic mass is 19.4. The molecule has 17 heavy (non-hydrogen) atoms. The molecule has 0 aliphatic rings. The zero-order valence-electron chi connectivity index (χ0n) is 9.93. The zero-order valence-corrected chi connectivity index (χ0v) is 9.93. The minimum atomic E-state index is -4.40. The summed E-state index contributed by atoms with van der Waals surface area (Å²) in [6.45, 7) is 3.66. The van der Waals surface area contributed by atoms with Crippen molar-refractivity contribution in [2.24, 2.45) is 0 Å². The molecule has 1 rings (SSSR count). The van der Waals surface area contributed by atoms with Crippen molar-refractivity contribution in [3.63, 3.8) is 0 Å². The molecule has 1 atom stereocenters. The van der Waals surface area contributed by atoms with Crippen LogP contribution in [-0.2, 0) is 6.18 Å². The predicted molar refractivity (Wildman–Crippen MR) is 59.2 cm³/mol. The number of alkyl halides is 3. The summed E-state index contributed by atoms with van der Waals surface area (Å²) in [4.78, 5) is 3.92. The minimum absolute atomic E-state index is 0.0153. The molecule has 3 nitrogen and oxygen atoms in total. The summed E-state index contributed by atoms with van der Waals surface area (Å²) in [5.41, 5.74) is -0.768. The van der Waals surface area contributed by atoms with E-state index in [1.807, 2.05) is 6.92 Å². The number of aromatic nitrogens is 1. The van der Waals surface area contributed by atoms with Crippen molar-refractivity contribution in [2.45, 2.75) is 32.5 Å². The standard InChI is InChI=1S/C11H15F3N2O/c1-4-7(2)17-10-6-8(11(12,13)14)5-9(15-3)16-10/h5-7H,4H2,1-3H3,(H,15,16). The predicted octanol–water partition coefficient (Wildman–Crippen LogP) is 3.32. The molecule has 0 amide bonds. The van der Waals surface area contributed by atoms with Gasteiger partial charge in [0.1, 0.15) is 5.82 Å². The number of ether oxygens (including phenoxy) is 1. The fourth-order valence-corrected chi connectivity index (χ4v) is 1.15. The van der Waals surface area contributed by atoms with Crippen molar-refractivity contribution in [3.8, 4) is 5.88 Å². The molecule has 0 aromatic carbocycles. The summed E-state index contributed by atoms with van der Waals surface area (Å²) in [6.07, 6.45) is -3.87. The number of hydrogen-bond donors (Lipinski definition) is 1. The van der Waals surface area contributed by atoms with Crippen LogP contribution in [0.4, 0.5) is 19.0 Å². The number of nitrogens with one attached hydrogen (secondary N) is 1. The average molecular weight is 248 g/mol. The van der Waals surface area contributed by atoms with Gasteiger partial charge in [0.05, 0.1) is 11.7 Å². The van der Waals surface area contributed by atoms with Crippen LogP contribution in [0.1, 0.15) is 25.8 Å². The van der Waals surface area contributed by atoms with Crippen LogP contribution in [0.15, 0.2) is 12.1 Å². The van der Waals surface area contributed by atoms with Crippen LogP contribution in [0.5, 0.6) is 5.88 Å². The second kappa shape index (κ2) is 5.25. The fraction of sp³-hybridized carbons (Fsp3) is 0.545. The summed E-state index contributed by atoms with van der Waals surface area (Å²) >= 11 is 0. The van der Waals surface area contributed by atoms with Crippen LogP contribution in [0.2, 0.25) is 0 Å². The van der Waals surface area contributed by atoms with Gasteiger partial charge in [-0.2, -0.15) is 18.2 Å². The third-order valence-electron chi connectivity index (χ3n) is 2.28. The molecule has 6 heteroatoms. The van der Waals surface area contributed by atoms with Crippen LogP contribution >= 0.6 is 0 Å². The lowest BCUT2D eigenvalue weighted by atomic mass is 10.2. The molecule has 1 unspecified atom stereocenters. The van der Waals surface area contributed by atoms with Gasteiger partial charge in [-0.1, -0.05) is 6.92 Å². The van der Waals surface area contributed by atoms with E-state index in [0.717, 1.165) is 12.1 Å². The molecule has 96 valence electrons. The van der Waals surface area contributed by atoms with Crippen molar-refractivity contribution in [1.82, 2.24) is 4.98 Å². The molecule has 1 aromatic heterocycles. The van der Waals surface area contributed by atoms with Crippen molar-refractivity contribution in [3.05, 3.63) is 17.7 Å². The Morgan fingerprint density at radius 1 is 1.41 bits per heavy atom. The lowest BCUT2D eigenvalue weighted by Gasteiger charge is -2.15. The number of anilines is 1. The maximum atomic E-state index is 12.6. The highest BCUT2D eigenvalue weighted by molar-refractivity contribution is 5.42. The number of hydrogen-bond acceptors (Lipinski definition) is 3. The van der Waals surface area contributed by atoms with Gasteiger partial charge in [0, 0.05) is 13.1 Å². The van der Waals surface area contributed by atoms with Crippen molar-refractivity contribution in [2.75, 3.05) is 12.4 Å². The summed E-state index contributed by atoms with van der Waals surface area (Å²) in [6, 6.07) is 1.86. The molecule has 0 saturated carbocycles. The topological polar surface area (TPSA) is 34.1 Å². The highest BCUT2D eigenvalue weighted by Gasteiger charge is 2.32. The van der Waals surface area contributed by atoms with E-state index < -0.39 is 11.7 Å². The maximum absolute atomic E-state index is 12.6. The van der Waals surface area contributed by atoms with E-state index in [1.54, 1.807) is 6.92 Å². The minimum Gasteiger partial charge on any atom is -0.475 e. The summed E-state index contributed by atoms with van der Waals surface area (Å²) in [7, 11) is 1.51. The van der Waals surface area contributed by atoms with Crippen LogP contribution < -0.4 is 10.1 Å². The van der Waals surface area contributed by atoms with E-state index in [-0.39, 0.29) is 17.8 Å². The van der Waals surface area contributed by atoms with Gasteiger partial charge >= 0.3 is 6.18 Å². The Bertz CT molecular complexity index is 379. The molecule has 0 aliphatic heterocycles. The number of pyridine rings is 1. The Labute approximate surface area is 98.0 Å². The van der Waals surface area contributed by atoms with Crippen LogP contribution in [-0.4, -0.2) is 18.1 Å². The largest absolute Gasteiger partial charge is 0.475 e. The molecule has 0 spiro atoms. The monoisotopic (exact) mass is 248 g/mol. The maximum Gasteiger partial charge on any atom is 0.416 e. The van der Waals surface area contributed by atoms with E-state index in [2.05, 4.69) is 10.3 Å². The van der Waals surface area contributed by atoms with Crippen LogP contribution in [0, 0.1) is 0 Å². The van der Waals surface area contributed by atoms with Gasteiger partial charge < -0.3 is 10.1 Å². The van der Waals surface area contributed by atoms with Crippen LogP contribution in [0.25, 0.3) is 0 Å². The number of rotatable bonds is 4. The summed E-state index contributed by atoms with van der Waals surface area (Å²) in [5, 5.41) is 2.58. The Morgan fingerprint density at radius 2 is 2.06 bits per heavy atom. The molecular formula is C11H15F3N2O. The van der Waals surface area contributed by atoms with Gasteiger partial charge in [-0.3, -0.25) is 0 Å². The molecule has 1 aromatic rings. The summed E-state index contributed by atoms with van der Waals surface area (Å²) < 4.78 is 43.1. The first-order valence-corrected chi connectivity index (χ1v) is 5.30. The molecule has 1 N–H and O–H groups in total. The lowest BCUT2D eigenvalue weighted by molar-refractivity contribution is -0.137. The quantitative estimate of drug-likeness (QED) is 0.887. The molecule has 0 aliphatic carbocycles. The van der Waals surface area contributed by atoms with E-state index in [1.165, 1.54) is 7.05 Å². The SMILES string of the molecule is CCC(C)Oc1cc(C(F)(F)F)cc(NC)n1. The smallest absolute Gasteiger partial charge is 0.416 e. The van der Waals surface area contributed by atoms with Gasteiger partial charge in [-0.15, -0.1) is 0 Å². The fourth-order valence-electron chi connectivity index (χ4n) is 1.15. The molecule has 0 bridgehead atoms. The van der Waals surface area contributed by atoms with E-state index in [9.17, 15) is 13.2 Å². The normalized spacial score (nSPS) is 13.3. The third-order valence-corrected chi connectivity index (χ3v) is 2.28. The molecule has 0 radical (unpaired) electrons. The number of halogens is 3. The second-order valence-electron chi connectivity index (χ2n) is 3.66. The molecule has 0 saturated heterocycles. The van der Waals surface area contributed by atoms with E-state index in [0.29, 0.717) is 6.42 Å². The Kier molecular flexibility index (Phi) is 4.20. The molecule has 1 heterocycles. The van der Waals surface area contributed by atoms with Crippen LogP contribution in [0.3, 0.4) is 0 Å². The Hall–Kier alpha value is -1.46. The van der Waals surface area contributed by atoms with Crippen molar-refractivity contribution in [1.29, 1.82) is 0 Å². The Morgan fingerprint density at radius 3 is 2.53 bits per heavy atom. The van der Waals surface area contributed by atoms with E-state index in [4.69, 9.17) is 4.74 Å². The Balaban J connectivity index is 3.05. The third kappa shape index (κ3) is 3.80. The highest BCUT2D eigenvalue weighted by Crippen LogP contribution is 2.32. The number of nitrogens with zero attached hydrogens (tertiary/aromatic N) is 1. The first kappa shape index (κ1) is 13.6.